The van der Waals surface area contributed by atoms with Crippen molar-refractivity contribution in [3.8, 4) is 0 Å². The summed E-state index contributed by atoms with van der Waals surface area (Å²) in [6.07, 6.45) is -0.00551. The molecule has 1 aliphatic rings. The summed E-state index contributed by atoms with van der Waals surface area (Å²) in [6.45, 7) is 0.147. The number of hydrogen-bond acceptors (Lipinski definition) is 2. The fourth-order valence-electron chi connectivity index (χ4n) is 2.93. The van der Waals surface area contributed by atoms with E-state index in [4.69, 9.17) is 11.6 Å². The number of anilines is 1. The van der Waals surface area contributed by atoms with Crippen molar-refractivity contribution in [3.05, 3.63) is 64.7 Å². The van der Waals surface area contributed by atoms with E-state index in [0.717, 1.165) is 12.1 Å². The van der Waals surface area contributed by atoms with Crippen LogP contribution in [0.3, 0.4) is 0 Å². The molecule has 1 fully saturated rings. The molecule has 26 heavy (non-hydrogen) atoms. The molecule has 8 heteroatoms. The molecule has 0 spiro atoms. The average Bonchev–Trinajstić information content (AvgIpc) is 2.59. The molecule has 2 aromatic rings. The van der Waals surface area contributed by atoms with Gasteiger partial charge in [-0.15, -0.1) is 0 Å². The van der Waals surface area contributed by atoms with Crippen molar-refractivity contribution in [2.75, 3.05) is 11.9 Å². The molecule has 0 aromatic heterocycles. The molecular formula is C18H16ClF2N3O2. The molecule has 1 heterocycles. The largest absolute Gasteiger partial charge is 0.354 e. The minimum Gasteiger partial charge on any atom is -0.354 e. The van der Waals surface area contributed by atoms with Gasteiger partial charge in [0.05, 0.1) is 6.04 Å². The first-order chi connectivity index (χ1) is 12.4. The highest BCUT2D eigenvalue weighted by Gasteiger charge is 2.33. The monoisotopic (exact) mass is 379 g/mol. The summed E-state index contributed by atoms with van der Waals surface area (Å²) in [5.41, 5.74) is 0.731. The zero-order chi connectivity index (χ0) is 18.7. The fraction of sp³-hybridized carbons (Fsp3) is 0.222. The SMILES string of the molecule is O=C1CC(c2ccc(F)cc2F)C(NC(=O)Nc2ccc(Cl)cc2)CN1. The fourth-order valence-corrected chi connectivity index (χ4v) is 3.06. The highest BCUT2D eigenvalue weighted by atomic mass is 35.5. The molecule has 2 atom stereocenters. The molecule has 1 aliphatic heterocycles. The van der Waals surface area contributed by atoms with Gasteiger partial charge in [0.1, 0.15) is 11.6 Å². The van der Waals surface area contributed by atoms with Crippen LogP contribution in [-0.2, 0) is 4.79 Å². The number of carbonyl (C=O) groups excluding carboxylic acids is 2. The summed E-state index contributed by atoms with van der Waals surface area (Å²) in [5, 5.41) is 8.57. The Morgan fingerprint density at radius 3 is 2.58 bits per heavy atom. The van der Waals surface area contributed by atoms with Crippen LogP contribution in [0.5, 0.6) is 0 Å². The Bertz CT molecular complexity index is 830. The van der Waals surface area contributed by atoms with Crippen LogP contribution in [0.15, 0.2) is 42.5 Å². The molecule has 3 N–H and O–H groups in total. The van der Waals surface area contributed by atoms with E-state index in [0.29, 0.717) is 10.7 Å². The molecule has 0 bridgehead atoms. The maximum atomic E-state index is 14.1. The number of benzene rings is 2. The Kier molecular flexibility index (Phi) is 5.37. The standard InChI is InChI=1S/C18H16ClF2N3O2/c19-10-1-4-12(5-2-10)23-18(26)24-16-9-22-17(25)8-14(16)13-6-3-11(20)7-15(13)21/h1-7,14,16H,8-9H2,(H,22,25)(H2,23,24,26). The summed E-state index contributed by atoms with van der Waals surface area (Å²) >= 11 is 5.80. The quantitative estimate of drug-likeness (QED) is 0.764. The Labute approximate surface area is 153 Å². The third kappa shape index (κ3) is 4.29. The number of nitrogens with one attached hydrogen (secondary N) is 3. The van der Waals surface area contributed by atoms with Crippen LogP contribution in [0.2, 0.25) is 5.02 Å². The van der Waals surface area contributed by atoms with E-state index in [2.05, 4.69) is 16.0 Å². The van der Waals surface area contributed by atoms with E-state index in [1.165, 1.54) is 6.07 Å². The first-order valence-corrected chi connectivity index (χ1v) is 8.35. The first-order valence-electron chi connectivity index (χ1n) is 7.97. The maximum Gasteiger partial charge on any atom is 0.319 e. The number of rotatable bonds is 3. The van der Waals surface area contributed by atoms with Gasteiger partial charge in [0.15, 0.2) is 0 Å². The number of amides is 3. The predicted molar refractivity (Wildman–Crippen MR) is 94.1 cm³/mol. The lowest BCUT2D eigenvalue weighted by Crippen LogP contribution is -2.53. The molecular weight excluding hydrogens is 364 g/mol. The van der Waals surface area contributed by atoms with Crippen LogP contribution in [0.1, 0.15) is 17.9 Å². The van der Waals surface area contributed by atoms with E-state index in [1.807, 2.05) is 0 Å². The van der Waals surface area contributed by atoms with Crippen molar-refractivity contribution in [2.24, 2.45) is 0 Å². The Balaban J connectivity index is 1.74. The second-order valence-electron chi connectivity index (χ2n) is 5.99. The van der Waals surface area contributed by atoms with Crippen molar-refractivity contribution in [2.45, 2.75) is 18.4 Å². The smallest absolute Gasteiger partial charge is 0.319 e. The van der Waals surface area contributed by atoms with Crippen molar-refractivity contribution >= 4 is 29.2 Å². The Morgan fingerprint density at radius 2 is 1.88 bits per heavy atom. The minimum absolute atomic E-state index is 0.00551. The molecule has 2 aromatic carbocycles. The minimum atomic E-state index is -0.741. The summed E-state index contributed by atoms with van der Waals surface area (Å²) in [4.78, 5) is 24.0. The summed E-state index contributed by atoms with van der Waals surface area (Å²) in [5.74, 6) is -2.29. The third-order valence-corrected chi connectivity index (χ3v) is 4.44. The number of hydrogen-bond donors (Lipinski definition) is 3. The topological polar surface area (TPSA) is 70.2 Å². The molecule has 0 saturated carbocycles. The van der Waals surface area contributed by atoms with Gasteiger partial charge >= 0.3 is 6.03 Å². The van der Waals surface area contributed by atoms with Gasteiger partial charge in [-0.05, 0) is 35.9 Å². The highest BCUT2D eigenvalue weighted by molar-refractivity contribution is 6.30. The van der Waals surface area contributed by atoms with E-state index < -0.39 is 29.6 Å². The lowest BCUT2D eigenvalue weighted by molar-refractivity contribution is -0.123. The summed E-state index contributed by atoms with van der Waals surface area (Å²) in [6, 6.07) is 8.72. The molecule has 3 rings (SSSR count). The molecule has 5 nitrogen and oxygen atoms in total. The Morgan fingerprint density at radius 1 is 1.15 bits per heavy atom. The summed E-state index contributed by atoms with van der Waals surface area (Å²) in [7, 11) is 0. The van der Waals surface area contributed by atoms with Crippen molar-refractivity contribution < 1.29 is 18.4 Å². The van der Waals surface area contributed by atoms with E-state index in [1.54, 1.807) is 24.3 Å². The lowest BCUT2D eigenvalue weighted by atomic mass is 9.85. The molecule has 0 aliphatic carbocycles. The average molecular weight is 380 g/mol. The van der Waals surface area contributed by atoms with E-state index >= 15 is 0 Å². The van der Waals surface area contributed by atoms with Crippen LogP contribution in [0.4, 0.5) is 19.3 Å². The van der Waals surface area contributed by atoms with Crippen LogP contribution < -0.4 is 16.0 Å². The normalized spacial score (nSPS) is 19.6. The van der Waals surface area contributed by atoms with Crippen LogP contribution in [-0.4, -0.2) is 24.5 Å². The van der Waals surface area contributed by atoms with Crippen LogP contribution >= 0.6 is 11.6 Å². The number of carbonyl (C=O) groups is 2. The van der Waals surface area contributed by atoms with Crippen molar-refractivity contribution in [1.82, 2.24) is 10.6 Å². The maximum absolute atomic E-state index is 14.1. The highest BCUT2D eigenvalue weighted by Crippen LogP contribution is 2.29. The third-order valence-electron chi connectivity index (χ3n) is 4.19. The number of halogens is 3. The number of piperidine rings is 1. The van der Waals surface area contributed by atoms with Gasteiger partial charge in [0, 0.05) is 35.7 Å². The number of urea groups is 1. The van der Waals surface area contributed by atoms with Crippen LogP contribution in [0.25, 0.3) is 0 Å². The molecule has 2 unspecified atom stereocenters. The van der Waals surface area contributed by atoms with Gasteiger partial charge in [0.2, 0.25) is 5.91 Å². The second-order valence-corrected chi connectivity index (χ2v) is 6.43. The van der Waals surface area contributed by atoms with Crippen molar-refractivity contribution in [3.63, 3.8) is 0 Å². The molecule has 1 saturated heterocycles. The molecule has 136 valence electrons. The van der Waals surface area contributed by atoms with Crippen molar-refractivity contribution in [1.29, 1.82) is 0 Å². The first kappa shape index (κ1) is 18.1. The summed E-state index contributed by atoms with van der Waals surface area (Å²) < 4.78 is 27.3. The lowest BCUT2D eigenvalue weighted by Gasteiger charge is -2.32. The van der Waals surface area contributed by atoms with Gasteiger partial charge in [-0.1, -0.05) is 17.7 Å². The van der Waals surface area contributed by atoms with E-state index in [-0.39, 0.29) is 24.4 Å². The zero-order valence-electron chi connectivity index (χ0n) is 13.6. The zero-order valence-corrected chi connectivity index (χ0v) is 14.3. The van der Waals surface area contributed by atoms with Gasteiger partial charge in [-0.3, -0.25) is 4.79 Å². The van der Waals surface area contributed by atoms with Gasteiger partial charge in [-0.2, -0.15) is 0 Å². The predicted octanol–water partition coefficient (Wildman–Crippen LogP) is 3.41. The van der Waals surface area contributed by atoms with E-state index in [9.17, 15) is 18.4 Å². The van der Waals surface area contributed by atoms with Gasteiger partial charge in [-0.25, -0.2) is 13.6 Å². The molecule has 0 radical (unpaired) electrons. The van der Waals surface area contributed by atoms with Gasteiger partial charge in [0.25, 0.3) is 0 Å². The molecule has 3 amide bonds. The van der Waals surface area contributed by atoms with Gasteiger partial charge < -0.3 is 16.0 Å². The Hall–Kier alpha value is -2.67. The second kappa shape index (κ2) is 7.70. The van der Waals surface area contributed by atoms with Crippen LogP contribution in [0, 0.1) is 11.6 Å².